The molecule has 1 amide bonds. The van der Waals surface area contributed by atoms with Gasteiger partial charge in [-0.2, -0.15) is 0 Å². The van der Waals surface area contributed by atoms with Gasteiger partial charge in [0, 0.05) is 23.8 Å². The lowest BCUT2D eigenvalue weighted by molar-refractivity contribution is 0.102. The van der Waals surface area contributed by atoms with E-state index in [1.807, 2.05) is 0 Å². The van der Waals surface area contributed by atoms with Gasteiger partial charge < -0.3 is 10.6 Å². The van der Waals surface area contributed by atoms with Crippen LogP contribution in [0.3, 0.4) is 0 Å². The minimum Gasteiger partial charge on any atom is -0.322 e. The number of anilines is 1. The Bertz CT molecular complexity index is 900. The normalized spacial score (nSPS) is 12.6. The quantitative estimate of drug-likeness (QED) is 0.689. The summed E-state index contributed by atoms with van der Waals surface area (Å²) in [4.78, 5) is 12.4. The molecule has 140 valence electrons. The van der Waals surface area contributed by atoms with Gasteiger partial charge in [-0.25, -0.2) is 17.5 Å². The Morgan fingerprint density at radius 2 is 1.92 bits per heavy atom. The van der Waals surface area contributed by atoms with Gasteiger partial charge in [-0.3, -0.25) is 4.79 Å². The molecule has 6 nitrogen and oxygen atoms in total. The molecule has 0 heterocycles. The van der Waals surface area contributed by atoms with Crippen molar-refractivity contribution in [2.45, 2.75) is 24.8 Å². The van der Waals surface area contributed by atoms with Gasteiger partial charge in [0.2, 0.25) is 10.0 Å². The first-order valence-electron chi connectivity index (χ1n) is 8.07. The largest absolute Gasteiger partial charge is 0.322 e. The number of carbonyl (C=O) groups excluding carboxylic acids is 1. The molecular weight excluding hydrogens is 357 g/mol. The first kappa shape index (κ1) is 20.0. The van der Waals surface area contributed by atoms with E-state index in [4.69, 9.17) is 0 Å². The van der Waals surface area contributed by atoms with Crippen molar-refractivity contribution >= 4 is 21.6 Å². The first-order chi connectivity index (χ1) is 12.2. The average molecular weight is 379 g/mol. The van der Waals surface area contributed by atoms with Crippen LogP contribution >= 0.6 is 0 Å². The van der Waals surface area contributed by atoms with Gasteiger partial charge in [0.1, 0.15) is 5.82 Å². The van der Waals surface area contributed by atoms with E-state index >= 15 is 0 Å². The van der Waals surface area contributed by atoms with E-state index in [1.165, 1.54) is 42.5 Å². The Hall–Kier alpha value is -2.29. The van der Waals surface area contributed by atoms with Crippen LogP contribution in [0.5, 0.6) is 0 Å². The minimum atomic E-state index is -3.74. The topological polar surface area (TPSA) is 87.3 Å². The molecule has 0 saturated carbocycles. The minimum absolute atomic E-state index is 0.00314. The number of rotatable bonds is 7. The molecule has 1 atom stereocenters. The molecule has 2 aromatic rings. The van der Waals surface area contributed by atoms with Crippen molar-refractivity contribution in [3.63, 3.8) is 0 Å². The van der Waals surface area contributed by atoms with Gasteiger partial charge in [-0.15, -0.1) is 0 Å². The summed E-state index contributed by atoms with van der Waals surface area (Å²) in [7, 11) is -2.01. The second-order valence-corrected chi connectivity index (χ2v) is 7.74. The predicted octanol–water partition coefficient (Wildman–Crippen LogP) is 2.27. The molecule has 0 aliphatic carbocycles. The number of nitrogens with one attached hydrogen (secondary N) is 3. The van der Waals surface area contributed by atoms with Crippen LogP contribution in [-0.2, 0) is 10.0 Å². The lowest BCUT2D eigenvalue weighted by Crippen LogP contribution is -2.38. The fourth-order valence-corrected chi connectivity index (χ4v) is 3.70. The summed E-state index contributed by atoms with van der Waals surface area (Å²) in [5.41, 5.74) is 1.03. The maximum absolute atomic E-state index is 13.3. The average Bonchev–Trinajstić information content (AvgIpc) is 2.58. The number of likely N-dealkylation sites (N-methyl/N-ethyl adjacent to an activating group) is 1. The van der Waals surface area contributed by atoms with Gasteiger partial charge in [-0.1, -0.05) is 6.07 Å². The number of hydrogen-bond acceptors (Lipinski definition) is 4. The van der Waals surface area contributed by atoms with Crippen LogP contribution in [0.1, 0.15) is 22.8 Å². The van der Waals surface area contributed by atoms with Crippen LogP contribution < -0.4 is 15.4 Å². The molecule has 2 aromatic carbocycles. The van der Waals surface area contributed by atoms with E-state index in [0.29, 0.717) is 17.8 Å². The van der Waals surface area contributed by atoms with Gasteiger partial charge in [-0.05, 0) is 62.9 Å². The summed E-state index contributed by atoms with van der Waals surface area (Å²) in [6, 6.07) is 9.66. The highest BCUT2D eigenvalue weighted by Crippen LogP contribution is 2.17. The van der Waals surface area contributed by atoms with Crippen molar-refractivity contribution in [2.75, 3.05) is 18.9 Å². The number of aryl methyl sites for hydroxylation is 1. The molecule has 0 saturated heterocycles. The number of carbonyl (C=O) groups is 1. The van der Waals surface area contributed by atoms with E-state index in [-0.39, 0.29) is 22.3 Å². The van der Waals surface area contributed by atoms with Gasteiger partial charge in [0.05, 0.1) is 4.90 Å². The highest BCUT2D eigenvalue weighted by molar-refractivity contribution is 7.89. The zero-order chi connectivity index (χ0) is 19.3. The van der Waals surface area contributed by atoms with E-state index in [1.54, 1.807) is 20.9 Å². The molecule has 0 radical (unpaired) electrons. The molecule has 26 heavy (non-hydrogen) atoms. The SMILES string of the molecule is CNCC(C)NS(=O)(=O)c1cccc(C(=O)Nc2ccc(F)c(C)c2)c1. The molecule has 0 aromatic heterocycles. The predicted molar refractivity (Wildman–Crippen MR) is 99.2 cm³/mol. The first-order valence-corrected chi connectivity index (χ1v) is 9.56. The third kappa shape index (κ3) is 5.10. The van der Waals surface area contributed by atoms with Crippen LogP contribution in [0, 0.1) is 12.7 Å². The summed E-state index contributed by atoms with van der Waals surface area (Å²) in [5.74, 6) is -0.839. The molecule has 8 heteroatoms. The molecule has 0 spiro atoms. The fourth-order valence-electron chi connectivity index (χ4n) is 2.41. The van der Waals surface area contributed by atoms with Crippen molar-refractivity contribution < 1.29 is 17.6 Å². The summed E-state index contributed by atoms with van der Waals surface area (Å²) in [6.45, 7) is 3.81. The van der Waals surface area contributed by atoms with Crippen LogP contribution in [0.4, 0.5) is 10.1 Å². The van der Waals surface area contributed by atoms with Gasteiger partial charge >= 0.3 is 0 Å². The monoisotopic (exact) mass is 379 g/mol. The molecule has 0 aliphatic heterocycles. The standard InChI is InChI=1S/C18H22FN3O3S/c1-12-9-15(7-8-17(12)19)21-18(23)14-5-4-6-16(10-14)26(24,25)22-13(2)11-20-3/h4-10,13,20,22H,11H2,1-3H3,(H,21,23). The summed E-state index contributed by atoms with van der Waals surface area (Å²) >= 11 is 0. The van der Waals surface area contributed by atoms with E-state index in [2.05, 4.69) is 15.4 Å². The van der Waals surface area contributed by atoms with Crippen molar-refractivity contribution in [3.8, 4) is 0 Å². The highest BCUT2D eigenvalue weighted by Gasteiger charge is 2.18. The van der Waals surface area contributed by atoms with E-state index < -0.39 is 15.9 Å². The number of amides is 1. The Balaban J connectivity index is 2.19. The molecule has 1 unspecified atom stereocenters. The maximum atomic E-state index is 13.3. The van der Waals surface area contributed by atoms with Crippen LogP contribution in [0.2, 0.25) is 0 Å². The van der Waals surface area contributed by atoms with Gasteiger partial charge in [0.15, 0.2) is 0 Å². The third-order valence-electron chi connectivity index (χ3n) is 3.69. The van der Waals surface area contributed by atoms with Crippen molar-refractivity contribution in [3.05, 3.63) is 59.4 Å². The highest BCUT2D eigenvalue weighted by atomic mass is 32.2. The fraction of sp³-hybridized carbons (Fsp3) is 0.278. The molecule has 3 N–H and O–H groups in total. The zero-order valence-electron chi connectivity index (χ0n) is 14.8. The molecule has 2 rings (SSSR count). The van der Waals surface area contributed by atoms with Crippen molar-refractivity contribution in [1.29, 1.82) is 0 Å². The second-order valence-electron chi connectivity index (χ2n) is 6.03. The lowest BCUT2D eigenvalue weighted by Gasteiger charge is -2.14. The zero-order valence-corrected chi connectivity index (χ0v) is 15.7. The smallest absolute Gasteiger partial charge is 0.255 e. The summed E-state index contributed by atoms with van der Waals surface area (Å²) < 4.78 is 40.7. The van der Waals surface area contributed by atoms with Crippen molar-refractivity contribution in [1.82, 2.24) is 10.0 Å². The second kappa shape index (κ2) is 8.39. The Kier molecular flexibility index (Phi) is 6.47. The molecule has 0 fully saturated rings. The maximum Gasteiger partial charge on any atom is 0.255 e. The van der Waals surface area contributed by atoms with Crippen LogP contribution in [-0.4, -0.2) is 34.0 Å². The third-order valence-corrected chi connectivity index (χ3v) is 5.28. The Morgan fingerprint density at radius 1 is 1.19 bits per heavy atom. The van der Waals surface area contributed by atoms with Crippen LogP contribution in [0.15, 0.2) is 47.4 Å². The lowest BCUT2D eigenvalue weighted by atomic mass is 10.2. The summed E-state index contributed by atoms with van der Waals surface area (Å²) in [5, 5.41) is 5.52. The number of benzene rings is 2. The van der Waals surface area contributed by atoms with E-state index in [9.17, 15) is 17.6 Å². The van der Waals surface area contributed by atoms with Gasteiger partial charge in [0.25, 0.3) is 5.91 Å². The number of hydrogen-bond donors (Lipinski definition) is 3. The Labute approximate surface area is 152 Å². The van der Waals surface area contributed by atoms with E-state index in [0.717, 1.165) is 0 Å². The Morgan fingerprint density at radius 3 is 2.58 bits per heavy atom. The van der Waals surface area contributed by atoms with Crippen LogP contribution in [0.25, 0.3) is 0 Å². The van der Waals surface area contributed by atoms with Crippen molar-refractivity contribution in [2.24, 2.45) is 0 Å². The molecule has 0 bridgehead atoms. The summed E-state index contributed by atoms with van der Waals surface area (Å²) in [6.07, 6.45) is 0. The molecular formula is C18H22FN3O3S. The number of halogens is 1. The number of sulfonamides is 1. The molecule has 0 aliphatic rings.